The molecule has 0 saturated heterocycles. The number of rotatable bonds is 3. The first-order chi connectivity index (χ1) is 22.0. The summed E-state index contributed by atoms with van der Waals surface area (Å²) in [6.07, 6.45) is 1.09. The van der Waals surface area contributed by atoms with Crippen LogP contribution in [0.4, 0.5) is 0 Å². The predicted molar refractivity (Wildman–Crippen MR) is 208 cm³/mol. The molecular formula is C45H54Cl2SiZr-2. The number of hydrogen-bond donors (Lipinski definition) is 0. The van der Waals surface area contributed by atoms with E-state index in [-0.39, 0.29) is 41.1 Å². The Labute approximate surface area is 325 Å². The van der Waals surface area contributed by atoms with Gasteiger partial charge in [-0.15, -0.1) is 56.9 Å². The summed E-state index contributed by atoms with van der Waals surface area (Å²) in [5.41, 5.74) is 14.1. The fourth-order valence-electron chi connectivity index (χ4n) is 6.14. The number of fused-ring (bicyclic) bond motifs is 2. The molecule has 0 N–H and O–H groups in total. The molecule has 0 aliphatic rings. The van der Waals surface area contributed by atoms with Gasteiger partial charge < -0.3 is 24.8 Å². The quantitative estimate of drug-likeness (QED) is 0.130. The van der Waals surface area contributed by atoms with Crippen LogP contribution in [0.25, 0.3) is 43.8 Å². The molecule has 258 valence electrons. The smallest absolute Gasteiger partial charge is 0.0132 e. The van der Waals surface area contributed by atoms with E-state index in [0.717, 1.165) is 6.42 Å². The molecule has 6 aromatic carbocycles. The number of benzene rings is 4. The number of aryl methyl sites for hydroxylation is 4. The van der Waals surface area contributed by atoms with E-state index in [9.17, 15) is 0 Å². The van der Waals surface area contributed by atoms with Gasteiger partial charge >= 0.3 is 41.9 Å². The normalized spacial score (nSPS) is 11.1. The molecule has 0 heterocycles. The van der Waals surface area contributed by atoms with Crippen molar-refractivity contribution < 1.29 is 48.1 Å². The maximum absolute atomic E-state index is 2.35. The molecule has 0 nitrogen and oxygen atoms in total. The van der Waals surface area contributed by atoms with Crippen LogP contribution >= 0.6 is 0 Å². The minimum Gasteiger partial charge on any atom is -1.00 e. The van der Waals surface area contributed by atoms with Crippen LogP contribution in [-0.4, -0.2) is 5.43 Å². The standard InChI is InChI=1S/C22H25.C21H23.C2H6Si.2ClH.Zr/c1-6-16-13-18-11-15(2)12-20(21(18)14-16)17-7-9-19(10-8-17)22(3,4)5;1-14-10-17-11-15(2)13-20(17)19(12-14)16-6-8-18(9-7-16)21(3,4)5;1-3-2;;;/h7-14H,6H2,1-5H3;6-13H,1-5H3;1-2H3;2*1H;/q2*-1;;;;+2/p-2. The number of hydrogen-bond acceptors (Lipinski definition) is 0. The Morgan fingerprint density at radius 1 is 0.571 bits per heavy atom. The molecule has 6 rings (SSSR count). The third-order valence-corrected chi connectivity index (χ3v) is 8.67. The van der Waals surface area contributed by atoms with E-state index in [0.29, 0.717) is 0 Å². The van der Waals surface area contributed by atoms with Crippen LogP contribution in [0.2, 0.25) is 13.1 Å². The van der Waals surface area contributed by atoms with Crippen molar-refractivity contribution in [2.45, 2.75) is 99.6 Å². The fraction of sp³-hybridized carbons (Fsp3) is 0.333. The molecule has 0 spiro atoms. The molecule has 0 amide bonds. The van der Waals surface area contributed by atoms with Gasteiger partial charge in [0.1, 0.15) is 0 Å². The maximum Gasteiger partial charge on any atom is -0.0132 e. The molecule has 0 radical (unpaired) electrons. The summed E-state index contributed by atoms with van der Waals surface area (Å²) in [5.74, 6) is 0. The Kier molecular flexibility index (Phi) is 15.6. The molecule has 0 aliphatic carbocycles. The first kappa shape index (κ1) is 42.9. The molecule has 0 atom stereocenters. The van der Waals surface area contributed by atoms with E-state index in [1.807, 2.05) is 0 Å². The fourth-order valence-corrected chi connectivity index (χ4v) is 6.14. The van der Waals surface area contributed by atoms with E-state index >= 15 is 0 Å². The first-order valence-electron chi connectivity index (χ1n) is 17.1. The second-order valence-electron chi connectivity index (χ2n) is 15.5. The van der Waals surface area contributed by atoms with Crippen molar-refractivity contribution in [2.24, 2.45) is 0 Å². The molecule has 6 aromatic rings. The summed E-state index contributed by atoms with van der Waals surface area (Å²) in [6.45, 7) is 26.9. The van der Waals surface area contributed by atoms with Crippen molar-refractivity contribution in [3.8, 4) is 22.3 Å². The van der Waals surface area contributed by atoms with Crippen molar-refractivity contribution in [3.05, 3.63) is 130 Å². The van der Waals surface area contributed by atoms with Gasteiger partial charge in [-0.25, -0.2) is 0 Å². The Balaban J connectivity index is 0.000000296. The van der Waals surface area contributed by atoms with Crippen LogP contribution in [0.3, 0.4) is 0 Å². The van der Waals surface area contributed by atoms with Crippen molar-refractivity contribution in [3.63, 3.8) is 0 Å². The molecule has 49 heavy (non-hydrogen) atoms. The summed E-state index contributed by atoms with van der Waals surface area (Å²) >= 11 is 1.74. The second-order valence-corrected chi connectivity index (χ2v) is 24.9. The summed E-state index contributed by atoms with van der Waals surface area (Å²) < 4.78 is 0. The molecule has 0 aliphatic heterocycles. The molecule has 0 bridgehead atoms. The largest absolute Gasteiger partial charge is 1.00 e. The van der Waals surface area contributed by atoms with Crippen molar-refractivity contribution in [1.29, 1.82) is 0 Å². The van der Waals surface area contributed by atoms with Crippen molar-refractivity contribution in [1.82, 2.24) is 0 Å². The summed E-state index contributed by atoms with van der Waals surface area (Å²) in [5, 5.41) is 5.46. The van der Waals surface area contributed by atoms with Crippen LogP contribution in [-0.2, 0) is 40.6 Å². The third kappa shape index (κ3) is 11.4. The van der Waals surface area contributed by atoms with Gasteiger partial charge in [0.25, 0.3) is 0 Å². The average Bonchev–Trinajstić information content (AvgIpc) is 3.57. The average molecular weight is 785 g/mol. The summed E-state index contributed by atoms with van der Waals surface area (Å²) in [4.78, 5) is 0. The Morgan fingerprint density at radius 2 is 0.939 bits per heavy atom. The van der Waals surface area contributed by atoms with Gasteiger partial charge in [-0.2, -0.15) is 12.1 Å². The van der Waals surface area contributed by atoms with Crippen molar-refractivity contribution >= 4 is 27.0 Å². The molecule has 0 aromatic heterocycles. The summed E-state index contributed by atoms with van der Waals surface area (Å²) in [6, 6.07) is 36.6. The van der Waals surface area contributed by atoms with Gasteiger partial charge in [-0.05, 0) is 53.4 Å². The van der Waals surface area contributed by atoms with Gasteiger partial charge in [0, 0.05) is 0 Å². The molecule has 4 heteroatoms. The summed E-state index contributed by atoms with van der Waals surface area (Å²) in [7, 11) is 0. The van der Waals surface area contributed by atoms with E-state index in [2.05, 4.69) is 179 Å². The van der Waals surface area contributed by atoms with Crippen molar-refractivity contribution in [2.75, 3.05) is 0 Å². The zero-order chi connectivity index (χ0) is 34.7. The van der Waals surface area contributed by atoms with Crippen LogP contribution in [0.15, 0.2) is 97.1 Å². The van der Waals surface area contributed by atoms with Gasteiger partial charge in [-0.3, -0.25) is 0 Å². The topological polar surface area (TPSA) is 0 Å². The van der Waals surface area contributed by atoms with Crippen LogP contribution in [0, 0.1) is 20.8 Å². The minimum absolute atomic E-state index is 0. The molecule has 0 unspecified atom stereocenters. The van der Waals surface area contributed by atoms with Gasteiger partial charge in [0.05, 0.1) is 0 Å². The number of halogens is 2. The molecule has 0 saturated carbocycles. The maximum atomic E-state index is 2.35. The first-order valence-corrected chi connectivity index (χ1v) is 23.3. The zero-order valence-corrected chi connectivity index (χ0v) is 36.7. The predicted octanol–water partition coefficient (Wildman–Crippen LogP) is 7.33. The van der Waals surface area contributed by atoms with Crippen LogP contribution < -0.4 is 24.8 Å². The van der Waals surface area contributed by atoms with E-state index in [1.165, 1.54) is 77.2 Å². The van der Waals surface area contributed by atoms with E-state index in [1.54, 1.807) is 23.3 Å². The van der Waals surface area contributed by atoms with E-state index < -0.39 is 0 Å². The molecular weight excluding hydrogens is 731 g/mol. The third-order valence-electron chi connectivity index (χ3n) is 8.67. The Bertz CT molecular complexity index is 1970. The van der Waals surface area contributed by atoms with Gasteiger partial charge in [-0.1, -0.05) is 138 Å². The van der Waals surface area contributed by atoms with Crippen LogP contribution in [0.5, 0.6) is 0 Å². The SMILES string of the molecule is CCc1cc2c(-c3ccc(C(C)(C)C)cc3)cc(C)cc2[cH-]1.C[Si](C)=[Zr+2].Cc1cc(-c2ccc(C(C)(C)C)cc2)c2cc(C)[cH-]c2c1.[Cl-].[Cl-]. The molecule has 0 fully saturated rings. The monoisotopic (exact) mass is 782 g/mol. The van der Waals surface area contributed by atoms with Gasteiger partial charge in [0.2, 0.25) is 0 Å². The van der Waals surface area contributed by atoms with Gasteiger partial charge in [0.15, 0.2) is 0 Å². The Hall–Kier alpha value is -2.22. The van der Waals surface area contributed by atoms with E-state index in [4.69, 9.17) is 0 Å². The zero-order valence-electron chi connectivity index (χ0n) is 31.7. The second kappa shape index (κ2) is 17.8. The Morgan fingerprint density at radius 3 is 1.31 bits per heavy atom. The minimum atomic E-state index is 0. The van der Waals surface area contributed by atoms with Crippen LogP contribution in [0.1, 0.15) is 81.8 Å².